The standard InChI is InChI=1S/C8H8ClN5O2S/c9-5-17(15,16)12-7-3-1-2-6(4-7)8-10-13-14-11-8/h1-4,12H,5H2,(H,10,11,13,14). The topological polar surface area (TPSA) is 101 Å². The minimum Gasteiger partial charge on any atom is -0.283 e. The lowest BCUT2D eigenvalue weighted by molar-refractivity contribution is 0.605. The highest BCUT2D eigenvalue weighted by atomic mass is 35.5. The van der Waals surface area contributed by atoms with Crippen LogP contribution in [0.2, 0.25) is 0 Å². The third-order valence-corrected chi connectivity index (χ3v) is 3.58. The van der Waals surface area contributed by atoms with Crippen molar-refractivity contribution < 1.29 is 8.42 Å². The average molecular weight is 274 g/mol. The van der Waals surface area contributed by atoms with E-state index in [1.54, 1.807) is 24.3 Å². The van der Waals surface area contributed by atoms with Gasteiger partial charge in [0.25, 0.3) is 0 Å². The monoisotopic (exact) mass is 273 g/mol. The number of aromatic amines is 1. The summed E-state index contributed by atoms with van der Waals surface area (Å²) in [6.07, 6.45) is 0. The van der Waals surface area contributed by atoms with Gasteiger partial charge in [-0.1, -0.05) is 12.1 Å². The van der Waals surface area contributed by atoms with Crippen LogP contribution in [0.15, 0.2) is 24.3 Å². The Hall–Kier alpha value is -1.67. The maximum atomic E-state index is 11.3. The highest BCUT2D eigenvalue weighted by Crippen LogP contribution is 2.19. The van der Waals surface area contributed by atoms with E-state index in [2.05, 4.69) is 25.3 Å². The predicted octanol–water partition coefficient (Wildman–Crippen LogP) is 0.805. The summed E-state index contributed by atoms with van der Waals surface area (Å²) in [5.74, 6) is 0.386. The lowest BCUT2D eigenvalue weighted by atomic mass is 10.2. The third-order valence-electron chi connectivity index (χ3n) is 1.88. The molecule has 2 N–H and O–H groups in total. The second-order valence-electron chi connectivity index (χ2n) is 3.14. The quantitative estimate of drug-likeness (QED) is 0.803. The molecule has 0 saturated heterocycles. The number of anilines is 1. The fourth-order valence-corrected chi connectivity index (χ4v) is 1.92. The normalized spacial score (nSPS) is 11.4. The Balaban J connectivity index is 2.30. The number of alkyl halides is 1. The molecule has 7 nitrogen and oxygen atoms in total. The van der Waals surface area contributed by atoms with Gasteiger partial charge in [0, 0.05) is 11.3 Å². The zero-order chi connectivity index (χ0) is 12.3. The van der Waals surface area contributed by atoms with Crippen molar-refractivity contribution in [2.45, 2.75) is 0 Å². The number of nitrogens with zero attached hydrogens (tertiary/aromatic N) is 3. The molecule has 0 amide bonds. The molecule has 1 aromatic heterocycles. The van der Waals surface area contributed by atoms with Crippen molar-refractivity contribution in [3.8, 4) is 11.4 Å². The van der Waals surface area contributed by atoms with Crippen LogP contribution in [0, 0.1) is 0 Å². The summed E-state index contributed by atoms with van der Waals surface area (Å²) in [5.41, 5.74) is 1.04. The summed E-state index contributed by atoms with van der Waals surface area (Å²) in [7, 11) is -3.51. The van der Waals surface area contributed by atoms with Crippen molar-refractivity contribution in [2.24, 2.45) is 0 Å². The van der Waals surface area contributed by atoms with Gasteiger partial charge in [-0.3, -0.25) is 4.72 Å². The number of H-pyrrole nitrogens is 1. The van der Waals surface area contributed by atoms with Crippen LogP contribution in [0.3, 0.4) is 0 Å². The van der Waals surface area contributed by atoms with Crippen molar-refractivity contribution in [3.05, 3.63) is 24.3 Å². The van der Waals surface area contributed by atoms with Crippen LogP contribution >= 0.6 is 11.6 Å². The highest BCUT2D eigenvalue weighted by molar-refractivity contribution is 7.93. The van der Waals surface area contributed by atoms with Crippen molar-refractivity contribution in [2.75, 3.05) is 9.93 Å². The van der Waals surface area contributed by atoms with Gasteiger partial charge in [0.2, 0.25) is 15.8 Å². The van der Waals surface area contributed by atoms with Crippen LogP contribution in [0.4, 0.5) is 5.69 Å². The largest absolute Gasteiger partial charge is 0.283 e. The molecule has 90 valence electrons. The number of hydrogen-bond donors (Lipinski definition) is 2. The van der Waals surface area contributed by atoms with E-state index in [0.717, 1.165) is 0 Å². The van der Waals surface area contributed by atoms with Gasteiger partial charge in [-0.25, -0.2) is 8.42 Å². The molecule has 17 heavy (non-hydrogen) atoms. The molecule has 0 aliphatic carbocycles. The van der Waals surface area contributed by atoms with Crippen LogP contribution in [0.5, 0.6) is 0 Å². The number of halogens is 1. The molecular weight excluding hydrogens is 266 g/mol. The van der Waals surface area contributed by atoms with Gasteiger partial charge in [-0.05, 0) is 17.3 Å². The molecule has 2 aromatic rings. The summed E-state index contributed by atoms with van der Waals surface area (Å²) in [4.78, 5) is 0. The lowest BCUT2D eigenvalue weighted by Crippen LogP contribution is -2.13. The van der Waals surface area contributed by atoms with Gasteiger partial charge in [0.05, 0.1) is 0 Å². The number of tetrazole rings is 1. The Bertz CT molecular complexity index is 598. The molecule has 0 bridgehead atoms. The predicted molar refractivity (Wildman–Crippen MR) is 62.9 cm³/mol. The van der Waals surface area contributed by atoms with Gasteiger partial charge in [0.15, 0.2) is 0 Å². The summed E-state index contributed by atoms with van der Waals surface area (Å²) in [6.45, 7) is 0. The molecule has 0 unspecified atom stereocenters. The molecule has 0 aliphatic rings. The lowest BCUT2D eigenvalue weighted by Gasteiger charge is -2.05. The molecule has 0 aliphatic heterocycles. The van der Waals surface area contributed by atoms with Crippen molar-refractivity contribution in [3.63, 3.8) is 0 Å². The summed E-state index contributed by atoms with van der Waals surface area (Å²) in [6, 6.07) is 6.61. The first-order valence-corrected chi connectivity index (χ1v) is 6.70. The molecule has 0 spiro atoms. The van der Waals surface area contributed by atoms with E-state index in [-0.39, 0.29) is 0 Å². The van der Waals surface area contributed by atoms with Gasteiger partial charge in [-0.15, -0.1) is 21.8 Å². The Kier molecular flexibility index (Phi) is 3.25. The number of sulfonamides is 1. The SMILES string of the molecule is O=S(=O)(CCl)Nc1cccc(-c2nn[nH]n2)c1. The molecule has 0 fully saturated rings. The molecule has 0 atom stereocenters. The van der Waals surface area contributed by atoms with Gasteiger partial charge >= 0.3 is 0 Å². The van der Waals surface area contributed by atoms with Gasteiger partial charge < -0.3 is 0 Å². The van der Waals surface area contributed by atoms with E-state index in [1.807, 2.05) is 0 Å². The first-order chi connectivity index (χ1) is 8.11. The maximum Gasteiger partial charge on any atom is 0.246 e. The number of aromatic nitrogens is 4. The smallest absolute Gasteiger partial charge is 0.246 e. The van der Waals surface area contributed by atoms with Crippen LogP contribution in [0.25, 0.3) is 11.4 Å². The van der Waals surface area contributed by atoms with E-state index in [1.165, 1.54) is 0 Å². The third kappa shape index (κ3) is 2.92. The second kappa shape index (κ2) is 4.68. The maximum absolute atomic E-state index is 11.3. The second-order valence-corrected chi connectivity index (χ2v) is 5.45. The van der Waals surface area contributed by atoms with Crippen LogP contribution < -0.4 is 4.72 Å². The summed E-state index contributed by atoms with van der Waals surface area (Å²) in [5, 5.41) is 12.8. The molecule has 0 radical (unpaired) electrons. The Labute approximate surface area is 102 Å². The van der Waals surface area contributed by atoms with Crippen LogP contribution in [0.1, 0.15) is 0 Å². The van der Waals surface area contributed by atoms with E-state index < -0.39 is 15.2 Å². The van der Waals surface area contributed by atoms with Crippen LogP contribution in [-0.2, 0) is 10.0 Å². The van der Waals surface area contributed by atoms with Crippen LogP contribution in [-0.4, -0.2) is 34.3 Å². The molecule has 0 saturated carbocycles. The highest BCUT2D eigenvalue weighted by Gasteiger charge is 2.09. The van der Waals surface area contributed by atoms with E-state index >= 15 is 0 Å². The van der Waals surface area contributed by atoms with E-state index in [9.17, 15) is 8.42 Å². The molecule has 1 aromatic carbocycles. The minimum atomic E-state index is -3.51. The fraction of sp³-hybridized carbons (Fsp3) is 0.125. The molecular formula is C8H8ClN5O2S. The summed E-state index contributed by atoms with van der Waals surface area (Å²) >= 11 is 5.29. The molecule has 9 heteroatoms. The Morgan fingerprint density at radius 2 is 2.24 bits per heavy atom. The molecule has 1 heterocycles. The first-order valence-electron chi connectivity index (χ1n) is 4.51. The first kappa shape index (κ1) is 11.8. The Morgan fingerprint density at radius 1 is 1.41 bits per heavy atom. The van der Waals surface area contributed by atoms with Crippen molar-refractivity contribution in [1.29, 1.82) is 0 Å². The van der Waals surface area contributed by atoms with Gasteiger partial charge in [-0.2, -0.15) is 5.21 Å². The number of rotatable bonds is 4. The average Bonchev–Trinajstić information content (AvgIpc) is 2.82. The fourth-order valence-electron chi connectivity index (χ4n) is 1.21. The zero-order valence-corrected chi connectivity index (χ0v) is 10.0. The van der Waals surface area contributed by atoms with Crippen molar-refractivity contribution in [1.82, 2.24) is 20.6 Å². The van der Waals surface area contributed by atoms with Crippen molar-refractivity contribution >= 4 is 27.3 Å². The Morgan fingerprint density at radius 3 is 2.88 bits per heavy atom. The van der Waals surface area contributed by atoms with E-state index in [4.69, 9.17) is 11.6 Å². The molecule has 2 rings (SSSR count). The number of nitrogens with one attached hydrogen (secondary N) is 2. The number of hydrogen-bond acceptors (Lipinski definition) is 5. The zero-order valence-electron chi connectivity index (χ0n) is 8.46. The van der Waals surface area contributed by atoms with E-state index in [0.29, 0.717) is 17.1 Å². The van der Waals surface area contributed by atoms with Gasteiger partial charge in [0.1, 0.15) is 5.21 Å². The minimum absolute atomic E-state index is 0.386. The number of benzene rings is 1. The summed E-state index contributed by atoms with van der Waals surface area (Å²) < 4.78 is 24.9.